The molecule has 0 saturated heterocycles. The summed E-state index contributed by atoms with van der Waals surface area (Å²) in [5, 5.41) is 22.9. The number of carboxylic acids is 1. The first-order valence-electron chi connectivity index (χ1n) is 5.62. The summed E-state index contributed by atoms with van der Waals surface area (Å²) in [5.74, 6) is -1.17. The van der Waals surface area contributed by atoms with Gasteiger partial charge in [0.05, 0.1) is 15.5 Å². The molecule has 0 amide bonds. The van der Waals surface area contributed by atoms with Crippen LogP contribution in [-0.4, -0.2) is 16.0 Å². The molecule has 21 heavy (non-hydrogen) atoms. The Labute approximate surface area is 132 Å². The van der Waals surface area contributed by atoms with Crippen LogP contribution in [-0.2, 0) is 0 Å². The van der Waals surface area contributed by atoms with Crippen LogP contribution in [0, 0.1) is 10.1 Å². The second-order valence-electron chi connectivity index (χ2n) is 4.04. The average Bonchev–Trinajstić information content (AvgIpc) is 2.42. The molecule has 108 valence electrons. The molecule has 0 radical (unpaired) electrons. The van der Waals surface area contributed by atoms with Gasteiger partial charge in [-0.1, -0.05) is 27.5 Å². The third-order valence-electron chi connectivity index (χ3n) is 2.63. The summed E-state index contributed by atoms with van der Waals surface area (Å²) in [6.07, 6.45) is 0. The van der Waals surface area contributed by atoms with Gasteiger partial charge < -0.3 is 10.4 Å². The summed E-state index contributed by atoms with van der Waals surface area (Å²) in [4.78, 5) is 21.5. The van der Waals surface area contributed by atoms with E-state index in [4.69, 9.17) is 16.7 Å². The Morgan fingerprint density at radius 3 is 2.62 bits per heavy atom. The number of hydrogen-bond acceptors (Lipinski definition) is 4. The van der Waals surface area contributed by atoms with Crippen LogP contribution in [0.1, 0.15) is 10.4 Å². The van der Waals surface area contributed by atoms with Crippen molar-refractivity contribution in [2.24, 2.45) is 0 Å². The highest BCUT2D eigenvalue weighted by Gasteiger charge is 2.15. The van der Waals surface area contributed by atoms with Crippen molar-refractivity contribution in [1.29, 1.82) is 0 Å². The van der Waals surface area contributed by atoms with Gasteiger partial charge >= 0.3 is 5.97 Å². The molecule has 0 atom stereocenters. The van der Waals surface area contributed by atoms with Crippen LogP contribution in [0.3, 0.4) is 0 Å². The molecule has 0 bridgehead atoms. The van der Waals surface area contributed by atoms with E-state index in [1.165, 1.54) is 24.3 Å². The predicted octanol–water partition coefficient (Wildman–Crippen LogP) is 4.45. The van der Waals surface area contributed by atoms with Gasteiger partial charge in [-0.3, -0.25) is 10.1 Å². The number of nitrogens with zero attached hydrogens (tertiary/aromatic N) is 1. The Morgan fingerprint density at radius 1 is 1.29 bits per heavy atom. The van der Waals surface area contributed by atoms with E-state index >= 15 is 0 Å². The molecule has 0 spiro atoms. The van der Waals surface area contributed by atoms with E-state index in [2.05, 4.69) is 21.2 Å². The summed E-state index contributed by atoms with van der Waals surface area (Å²) in [5.41, 5.74) is 0.432. The number of anilines is 2. The highest BCUT2D eigenvalue weighted by Crippen LogP contribution is 2.31. The van der Waals surface area contributed by atoms with Crippen LogP contribution >= 0.6 is 27.5 Å². The third-order valence-corrected chi connectivity index (χ3v) is 3.46. The lowest BCUT2D eigenvalue weighted by atomic mass is 10.2. The number of nitrogens with one attached hydrogen (secondary N) is 1. The summed E-state index contributed by atoms with van der Waals surface area (Å²) in [6, 6.07) is 8.80. The molecule has 0 fully saturated rings. The molecule has 0 unspecified atom stereocenters. The number of aromatic carboxylic acids is 1. The molecule has 0 aliphatic heterocycles. The van der Waals surface area contributed by atoms with Crippen LogP contribution in [0.15, 0.2) is 40.9 Å². The maximum Gasteiger partial charge on any atom is 0.337 e. The summed E-state index contributed by atoms with van der Waals surface area (Å²) in [6.45, 7) is 0. The Kier molecular flexibility index (Phi) is 4.44. The maximum atomic E-state index is 11.0. The number of rotatable bonds is 4. The van der Waals surface area contributed by atoms with Crippen LogP contribution in [0.5, 0.6) is 0 Å². The van der Waals surface area contributed by atoms with E-state index < -0.39 is 10.9 Å². The molecular weight excluding hydrogens is 364 g/mol. The van der Waals surface area contributed by atoms with Gasteiger partial charge in [0.2, 0.25) is 0 Å². The Morgan fingerprint density at radius 2 is 2.00 bits per heavy atom. The van der Waals surface area contributed by atoms with Gasteiger partial charge in [0, 0.05) is 16.2 Å². The molecule has 0 aliphatic rings. The van der Waals surface area contributed by atoms with Gasteiger partial charge in [-0.05, 0) is 30.3 Å². The number of carbonyl (C=O) groups is 1. The minimum absolute atomic E-state index is 0.0820. The van der Waals surface area contributed by atoms with Crippen molar-refractivity contribution in [2.45, 2.75) is 0 Å². The zero-order chi connectivity index (χ0) is 15.6. The monoisotopic (exact) mass is 370 g/mol. The summed E-state index contributed by atoms with van der Waals surface area (Å²) < 4.78 is 0.571. The predicted molar refractivity (Wildman–Crippen MR) is 82.5 cm³/mol. The average molecular weight is 372 g/mol. The molecule has 2 aromatic carbocycles. The fraction of sp³-hybridized carbons (Fsp3) is 0. The first-order valence-corrected chi connectivity index (χ1v) is 6.79. The largest absolute Gasteiger partial charge is 0.478 e. The lowest BCUT2D eigenvalue weighted by Gasteiger charge is -2.09. The van der Waals surface area contributed by atoms with E-state index in [9.17, 15) is 14.9 Å². The molecule has 0 saturated carbocycles. The minimum Gasteiger partial charge on any atom is -0.478 e. The maximum absolute atomic E-state index is 11.0. The number of halogens is 2. The number of nitro groups is 1. The zero-order valence-corrected chi connectivity index (χ0v) is 12.7. The van der Waals surface area contributed by atoms with Gasteiger partial charge in [-0.2, -0.15) is 0 Å². The second-order valence-corrected chi connectivity index (χ2v) is 5.37. The van der Waals surface area contributed by atoms with Crippen molar-refractivity contribution >= 4 is 50.6 Å². The Hall–Kier alpha value is -2.12. The van der Waals surface area contributed by atoms with Crippen molar-refractivity contribution < 1.29 is 14.8 Å². The lowest BCUT2D eigenvalue weighted by Crippen LogP contribution is -2.01. The van der Waals surface area contributed by atoms with E-state index in [1.54, 1.807) is 12.1 Å². The number of nitro benzene ring substituents is 1. The van der Waals surface area contributed by atoms with E-state index in [1.807, 2.05) is 0 Å². The molecule has 0 heterocycles. The van der Waals surface area contributed by atoms with Crippen molar-refractivity contribution in [3.63, 3.8) is 0 Å². The zero-order valence-electron chi connectivity index (χ0n) is 10.3. The standard InChI is InChI=1S/C13H8BrClN2O4/c14-7-1-4-11(12(5-7)17(20)21)16-8-2-3-10(15)9(6-8)13(18)19/h1-6,16H,(H,18,19). The van der Waals surface area contributed by atoms with Gasteiger partial charge in [0.1, 0.15) is 5.69 Å². The fourth-order valence-electron chi connectivity index (χ4n) is 1.68. The topological polar surface area (TPSA) is 92.5 Å². The summed E-state index contributed by atoms with van der Waals surface area (Å²) >= 11 is 8.94. The second kappa shape index (κ2) is 6.11. The third kappa shape index (κ3) is 3.50. The van der Waals surface area contributed by atoms with Crippen molar-refractivity contribution in [2.75, 3.05) is 5.32 Å². The van der Waals surface area contributed by atoms with Gasteiger partial charge in [-0.25, -0.2) is 4.79 Å². The van der Waals surface area contributed by atoms with Crippen LogP contribution in [0.4, 0.5) is 17.1 Å². The molecule has 0 aromatic heterocycles. The van der Waals surface area contributed by atoms with Crippen LogP contribution in [0.25, 0.3) is 0 Å². The van der Waals surface area contributed by atoms with E-state index in [0.717, 1.165) is 0 Å². The molecular formula is C13H8BrClN2O4. The Balaban J connectivity index is 2.41. The highest BCUT2D eigenvalue weighted by molar-refractivity contribution is 9.10. The number of benzene rings is 2. The number of carboxylic acid groups (broad SMARTS) is 1. The molecule has 6 nitrogen and oxygen atoms in total. The lowest BCUT2D eigenvalue weighted by molar-refractivity contribution is -0.384. The SMILES string of the molecule is O=C(O)c1cc(Nc2ccc(Br)cc2[N+](=O)[O-])ccc1Cl. The molecule has 2 rings (SSSR count). The molecule has 0 aliphatic carbocycles. The molecule has 8 heteroatoms. The van der Waals surface area contributed by atoms with Crippen LogP contribution < -0.4 is 5.32 Å². The van der Waals surface area contributed by atoms with E-state index in [-0.39, 0.29) is 22.0 Å². The van der Waals surface area contributed by atoms with Crippen molar-refractivity contribution in [3.05, 3.63) is 61.6 Å². The minimum atomic E-state index is -1.17. The quantitative estimate of drug-likeness (QED) is 0.612. The highest BCUT2D eigenvalue weighted by atomic mass is 79.9. The smallest absolute Gasteiger partial charge is 0.337 e. The van der Waals surface area contributed by atoms with Crippen molar-refractivity contribution in [3.8, 4) is 0 Å². The van der Waals surface area contributed by atoms with Gasteiger partial charge in [0.15, 0.2) is 0 Å². The van der Waals surface area contributed by atoms with E-state index in [0.29, 0.717) is 10.2 Å². The van der Waals surface area contributed by atoms with Crippen molar-refractivity contribution in [1.82, 2.24) is 0 Å². The number of hydrogen-bond donors (Lipinski definition) is 2. The van der Waals surface area contributed by atoms with Gasteiger partial charge in [-0.15, -0.1) is 0 Å². The van der Waals surface area contributed by atoms with Crippen LogP contribution in [0.2, 0.25) is 5.02 Å². The Bertz CT molecular complexity index is 736. The molecule has 2 N–H and O–H groups in total. The first-order chi connectivity index (χ1) is 9.88. The summed E-state index contributed by atoms with van der Waals surface area (Å²) in [7, 11) is 0. The molecule has 2 aromatic rings. The fourth-order valence-corrected chi connectivity index (χ4v) is 2.23. The van der Waals surface area contributed by atoms with Gasteiger partial charge in [0.25, 0.3) is 5.69 Å². The normalized spacial score (nSPS) is 10.2. The first kappa shape index (κ1) is 15.3.